The smallest absolute Gasteiger partial charge is 0.303 e. The van der Waals surface area contributed by atoms with Crippen molar-refractivity contribution in [1.29, 1.82) is 0 Å². The maximum atomic E-state index is 11.9. The minimum absolute atomic E-state index is 0.262. The van der Waals surface area contributed by atoms with Crippen LogP contribution in [0.4, 0.5) is 0 Å². The van der Waals surface area contributed by atoms with Gasteiger partial charge < -0.3 is 13.9 Å². The van der Waals surface area contributed by atoms with Gasteiger partial charge in [0.25, 0.3) is 0 Å². The van der Waals surface area contributed by atoms with E-state index in [-0.39, 0.29) is 5.41 Å². The molecule has 1 saturated heterocycles. The van der Waals surface area contributed by atoms with Crippen LogP contribution in [0.1, 0.15) is 78.9 Å². The number of hydrogen-bond acceptors (Lipinski definition) is 6. The number of benzene rings is 1. The monoisotopic (exact) mass is 531 g/mol. The number of thioether (sulfide) groups is 1. The van der Waals surface area contributed by atoms with Crippen molar-refractivity contribution in [2.45, 2.75) is 79.6 Å². The highest BCUT2D eigenvalue weighted by Gasteiger charge is 2.23. The van der Waals surface area contributed by atoms with E-state index in [0.29, 0.717) is 13.2 Å². The number of rotatable bonds is 13. The highest BCUT2D eigenvalue weighted by Crippen LogP contribution is 2.60. The van der Waals surface area contributed by atoms with Crippen LogP contribution in [0.3, 0.4) is 0 Å². The molecule has 0 aromatic heterocycles. The van der Waals surface area contributed by atoms with Crippen LogP contribution in [0.15, 0.2) is 24.3 Å². The first-order valence-electron chi connectivity index (χ1n) is 13.1. The second-order valence-electron chi connectivity index (χ2n) is 9.93. The average Bonchev–Trinajstić information content (AvgIpc) is 2.78. The summed E-state index contributed by atoms with van der Waals surface area (Å²) in [6, 6.07) is 9.27. The van der Waals surface area contributed by atoms with E-state index in [2.05, 4.69) is 63.8 Å². The van der Waals surface area contributed by atoms with E-state index < -0.39 is 6.80 Å². The third-order valence-electron chi connectivity index (χ3n) is 5.68. The molecule has 2 rings (SSSR count). The van der Waals surface area contributed by atoms with Gasteiger partial charge in [-0.15, -0.1) is 0 Å². The first kappa shape index (κ1) is 32.1. The fraction of sp³-hybridized carbons (Fsp3) is 0.778. The van der Waals surface area contributed by atoms with Crippen molar-refractivity contribution < 1.29 is 13.6 Å². The fourth-order valence-corrected chi connectivity index (χ4v) is 8.53. The Morgan fingerprint density at radius 1 is 0.971 bits per heavy atom. The third-order valence-corrected chi connectivity index (χ3v) is 10.8. The molecule has 1 aliphatic rings. The maximum absolute atomic E-state index is 11.9. The molecule has 0 amide bonds. The van der Waals surface area contributed by atoms with Gasteiger partial charge in [-0.1, -0.05) is 65.3 Å². The van der Waals surface area contributed by atoms with Crippen molar-refractivity contribution in [1.82, 2.24) is 4.90 Å². The Morgan fingerprint density at radius 3 is 2.06 bits per heavy atom. The van der Waals surface area contributed by atoms with E-state index in [9.17, 15) is 4.57 Å². The zero-order valence-corrected chi connectivity index (χ0v) is 25.3. The molecule has 0 bridgehead atoms. The van der Waals surface area contributed by atoms with Gasteiger partial charge in [-0.2, -0.15) is 11.8 Å². The molecule has 0 aliphatic carbocycles. The number of piperidine rings is 1. The molecule has 1 aromatic carbocycles. The summed E-state index contributed by atoms with van der Waals surface area (Å²) in [6.45, 7) is 16.9. The lowest BCUT2D eigenvalue weighted by atomic mass is 9.86. The van der Waals surface area contributed by atoms with Crippen LogP contribution in [0, 0.1) is 5.92 Å². The Hall–Kier alpha value is 0.0300. The normalized spacial score (nSPS) is 16.1. The van der Waals surface area contributed by atoms with Crippen LogP contribution in [0.25, 0.3) is 0 Å². The third kappa shape index (κ3) is 13.9. The van der Waals surface area contributed by atoms with Gasteiger partial charge in [0, 0.05) is 18.1 Å². The van der Waals surface area contributed by atoms with Crippen LogP contribution in [-0.4, -0.2) is 55.0 Å². The van der Waals surface area contributed by atoms with E-state index in [1.807, 2.05) is 25.6 Å². The maximum Gasteiger partial charge on any atom is 0.389 e. The SMILES string of the molecule is CC(Cc1ccc(C(C)(C)C)cc1)CN1CCCCC1.CCOP(=O)(OCC)SCCSCC. The van der Waals surface area contributed by atoms with Crippen LogP contribution in [-0.2, 0) is 25.4 Å². The topological polar surface area (TPSA) is 38.8 Å². The number of nitrogens with zero attached hydrogens (tertiary/aromatic N) is 1. The van der Waals surface area contributed by atoms with Crippen molar-refractivity contribution in [3.05, 3.63) is 35.4 Å². The molecule has 1 atom stereocenters. The number of likely N-dealkylation sites (tertiary alicyclic amines) is 1. The molecule has 0 saturated carbocycles. The largest absolute Gasteiger partial charge is 0.389 e. The van der Waals surface area contributed by atoms with E-state index in [1.165, 1.54) is 67.8 Å². The van der Waals surface area contributed by atoms with Crippen molar-refractivity contribution >= 4 is 29.9 Å². The van der Waals surface area contributed by atoms with E-state index in [1.54, 1.807) is 0 Å². The van der Waals surface area contributed by atoms with Crippen molar-refractivity contribution in [2.75, 3.05) is 50.1 Å². The van der Waals surface area contributed by atoms with E-state index in [0.717, 1.165) is 23.2 Å². The molecule has 0 radical (unpaired) electrons. The summed E-state index contributed by atoms with van der Waals surface area (Å²) < 4.78 is 22.2. The number of hydrogen-bond donors (Lipinski definition) is 0. The van der Waals surface area contributed by atoms with E-state index >= 15 is 0 Å². The summed E-state index contributed by atoms with van der Waals surface area (Å²) in [5.74, 6) is 3.66. The zero-order chi connectivity index (χ0) is 25.5. The lowest BCUT2D eigenvalue weighted by Gasteiger charge is -2.29. The molecule has 198 valence electrons. The molecule has 0 N–H and O–H groups in total. The van der Waals surface area contributed by atoms with E-state index in [4.69, 9.17) is 9.05 Å². The van der Waals surface area contributed by atoms with Crippen molar-refractivity contribution in [3.8, 4) is 0 Å². The second-order valence-corrected chi connectivity index (χ2v) is 15.5. The summed E-state index contributed by atoms with van der Waals surface area (Å²) in [5.41, 5.74) is 3.19. The molecule has 1 unspecified atom stereocenters. The molecule has 7 heteroatoms. The molecule has 1 fully saturated rings. The van der Waals surface area contributed by atoms with Gasteiger partial charge >= 0.3 is 6.80 Å². The Kier molecular flexibility index (Phi) is 16.5. The van der Waals surface area contributed by atoms with Crippen molar-refractivity contribution in [2.24, 2.45) is 5.92 Å². The first-order chi connectivity index (χ1) is 16.1. The zero-order valence-electron chi connectivity index (χ0n) is 22.8. The molecule has 1 heterocycles. The van der Waals surface area contributed by atoms with Gasteiger partial charge in [0.15, 0.2) is 0 Å². The van der Waals surface area contributed by atoms with Gasteiger partial charge in [-0.3, -0.25) is 0 Å². The lowest BCUT2D eigenvalue weighted by Crippen LogP contribution is -2.34. The van der Waals surface area contributed by atoms with Crippen LogP contribution in [0.5, 0.6) is 0 Å². The summed E-state index contributed by atoms with van der Waals surface area (Å²) >= 11 is 3.14. The van der Waals surface area contributed by atoms with Gasteiger partial charge in [0.1, 0.15) is 0 Å². The molecule has 34 heavy (non-hydrogen) atoms. The lowest BCUT2D eigenvalue weighted by molar-refractivity contribution is 0.200. The standard InChI is InChI=1S/C19H31N.C8H19O3PS2/c1-16(15-20-12-6-5-7-13-20)14-17-8-10-18(11-9-17)19(2,3)4;1-4-10-12(9,11-5-2)14-8-7-13-6-3/h8-11,16H,5-7,12-15H2,1-4H3;4-8H2,1-3H3. The van der Waals surface area contributed by atoms with Crippen LogP contribution in [0.2, 0.25) is 0 Å². The Bertz CT molecular complexity index is 678. The summed E-state index contributed by atoms with van der Waals surface area (Å²) in [4.78, 5) is 2.65. The Balaban J connectivity index is 0.000000365. The predicted molar refractivity (Wildman–Crippen MR) is 155 cm³/mol. The minimum atomic E-state index is -2.86. The highest BCUT2D eigenvalue weighted by atomic mass is 32.7. The van der Waals surface area contributed by atoms with Crippen molar-refractivity contribution in [3.63, 3.8) is 0 Å². The minimum Gasteiger partial charge on any atom is -0.303 e. The Labute approximate surface area is 219 Å². The molecule has 1 aromatic rings. The van der Waals surface area contributed by atoms with Crippen LogP contribution < -0.4 is 0 Å². The van der Waals surface area contributed by atoms with Gasteiger partial charge in [0.05, 0.1) is 13.2 Å². The summed E-state index contributed by atoms with van der Waals surface area (Å²) in [5, 5.41) is 0. The predicted octanol–water partition coefficient (Wildman–Crippen LogP) is 8.30. The second kappa shape index (κ2) is 17.5. The quantitative estimate of drug-likeness (QED) is 0.188. The molecule has 0 spiro atoms. The first-order valence-corrected chi connectivity index (χ1v) is 17.4. The Morgan fingerprint density at radius 2 is 1.56 bits per heavy atom. The highest BCUT2D eigenvalue weighted by molar-refractivity contribution is 8.55. The van der Waals surface area contributed by atoms with Gasteiger partial charge in [-0.05, 0) is 85.8 Å². The van der Waals surface area contributed by atoms with Crippen LogP contribution >= 0.6 is 29.9 Å². The average molecular weight is 532 g/mol. The molecule has 4 nitrogen and oxygen atoms in total. The van der Waals surface area contributed by atoms with Gasteiger partial charge in [0.2, 0.25) is 0 Å². The summed E-state index contributed by atoms with van der Waals surface area (Å²) in [7, 11) is 0. The molecular formula is C27H50NO3PS2. The molecular weight excluding hydrogens is 481 g/mol. The fourth-order valence-electron chi connectivity index (χ4n) is 3.97. The van der Waals surface area contributed by atoms with Gasteiger partial charge in [-0.25, -0.2) is 4.57 Å². The summed E-state index contributed by atoms with van der Waals surface area (Å²) in [6.07, 6.45) is 5.43. The molecule has 1 aliphatic heterocycles.